The average Bonchev–Trinajstić information content (AvgIpc) is 3.71. The first-order valence-electron chi connectivity index (χ1n) is 23.4. The number of anilines is 4. The Morgan fingerprint density at radius 2 is 1.23 bits per heavy atom. The van der Waals surface area contributed by atoms with Crippen molar-refractivity contribution in [3.63, 3.8) is 0 Å². The fraction of sp³-hybridized carbons (Fsp3) is 0.113. The molecule has 0 N–H and O–H groups in total. The van der Waals surface area contributed by atoms with Gasteiger partial charge in [0, 0.05) is 25.3 Å². The first-order chi connectivity index (χ1) is 32.7. The maximum Gasteiger partial charge on any atom is 0.0888 e. The Balaban J connectivity index is 0.897. The van der Waals surface area contributed by atoms with E-state index in [-0.39, 0.29) is 0 Å². The molecule has 8 aliphatic rings. The van der Waals surface area contributed by atoms with E-state index in [2.05, 4.69) is 210 Å². The number of nitrogens with zero attached hydrogens (tertiary/aromatic N) is 2. The van der Waals surface area contributed by atoms with E-state index in [0.717, 1.165) is 44.2 Å². The minimum Gasteiger partial charge on any atom is -0.308 e. The Kier molecular flexibility index (Phi) is 8.74. The summed E-state index contributed by atoms with van der Waals surface area (Å²) in [6.45, 7) is 0. The normalized spacial score (nSPS) is 20.2. The SMILES string of the molecule is C1=CC2=C(C=CC=1N1C3=C(C=CCC3)Sc3ccccc31)c1ccc(C=Cc3ccc(N4c5ccccc5Sc5ccccc54)c4c3C=CCC4)cc1C21C2=C(C=CCC2)c2ccccc21. The highest BCUT2D eigenvalue weighted by Gasteiger charge is 2.53. The minimum atomic E-state index is -0.408. The molecule has 0 saturated carbocycles. The molecule has 0 radical (unpaired) electrons. The third-order valence-corrected chi connectivity index (χ3v) is 17.0. The molecular weight excluding hydrogens is 837 g/mol. The molecule has 1 atom stereocenters. The van der Waals surface area contributed by atoms with Crippen molar-refractivity contribution in [1.82, 2.24) is 0 Å². The maximum absolute atomic E-state index is 3.98. The lowest BCUT2D eigenvalue weighted by Crippen LogP contribution is -2.28. The lowest BCUT2D eigenvalue weighted by Gasteiger charge is -2.35. The van der Waals surface area contributed by atoms with E-state index in [4.69, 9.17) is 0 Å². The number of para-hydroxylation sites is 3. The Hall–Kier alpha value is -6.94. The van der Waals surface area contributed by atoms with Gasteiger partial charge in [0.1, 0.15) is 0 Å². The molecule has 1 spiro atoms. The lowest BCUT2D eigenvalue weighted by molar-refractivity contribution is 0.709. The quantitative estimate of drug-likeness (QED) is 0.128. The van der Waals surface area contributed by atoms with Gasteiger partial charge in [-0.15, -0.1) is 0 Å². The number of fused-ring (bicyclic) bond motifs is 12. The standard InChI is InChI=1S/C62H44N2S2/c1-2-18-48-43(15-1)41(32-38-53(48)64-56-23-9-13-27-60(56)66-61-28-14-10-24-57(61)64)31-29-40-30-35-47-46-36-33-42(63-54-21-7-11-25-58(54)65-59-26-12-8-22-55(59)63)34-37-51(46)62(52(47)39-40)49-19-5-3-16-44(49)45-17-4-6-20-50(45)62/h1,3-5,7,9-17,19,21,23-33,35-39H,2,6,8,18,20,22H2. The van der Waals surface area contributed by atoms with Crippen LogP contribution in [-0.2, 0) is 11.8 Å². The zero-order valence-electron chi connectivity index (χ0n) is 36.4. The van der Waals surface area contributed by atoms with E-state index in [1.807, 2.05) is 23.5 Å². The van der Waals surface area contributed by atoms with Crippen molar-refractivity contribution in [3.05, 3.63) is 254 Å². The summed E-state index contributed by atoms with van der Waals surface area (Å²) in [5.74, 6) is 0. The fourth-order valence-electron chi connectivity index (χ4n) is 12.0. The molecule has 0 fully saturated rings. The second-order valence-electron chi connectivity index (χ2n) is 18.1. The molecule has 14 rings (SSSR count). The number of rotatable bonds is 4. The highest BCUT2D eigenvalue weighted by atomic mass is 32.2. The van der Waals surface area contributed by atoms with E-state index in [1.54, 1.807) is 0 Å². The van der Waals surface area contributed by atoms with Crippen LogP contribution in [-0.4, -0.2) is 0 Å². The Morgan fingerprint density at radius 3 is 2.08 bits per heavy atom. The molecule has 0 saturated heterocycles. The van der Waals surface area contributed by atoms with Crippen LogP contribution < -0.4 is 9.80 Å². The van der Waals surface area contributed by atoms with Crippen molar-refractivity contribution in [1.29, 1.82) is 0 Å². The molecule has 0 amide bonds. The predicted octanol–water partition coefficient (Wildman–Crippen LogP) is 16.7. The van der Waals surface area contributed by atoms with Crippen LogP contribution in [0.15, 0.2) is 224 Å². The van der Waals surface area contributed by atoms with Gasteiger partial charge in [0.2, 0.25) is 0 Å². The van der Waals surface area contributed by atoms with Gasteiger partial charge in [0.25, 0.3) is 0 Å². The van der Waals surface area contributed by atoms with Crippen molar-refractivity contribution < 1.29 is 0 Å². The first-order valence-corrected chi connectivity index (χ1v) is 25.0. The van der Waals surface area contributed by atoms with Crippen LogP contribution in [0.2, 0.25) is 0 Å². The van der Waals surface area contributed by atoms with Crippen molar-refractivity contribution in [2.45, 2.75) is 58.6 Å². The van der Waals surface area contributed by atoms with Gasteiger partial charge < -0.3 is 9.80 Å². The summed E-state index contributed by atoms with van der Waals surface area (Å²) in [5, 5.41) is 0. The summed E-state index contributed by atoms with van der Waals surface area (Å²) in [4.78, 5) is 10.2. The molecule has 4 heteroatoms. The summed E-state index contributed by atoms with van der Waals surface area (Å²) >= 11 is 3.76. The summed E-state index contributed by atoms with van der Waals surface area (Å²) in [6.07, 6.45) is 32.1. The summed E-state index contributed by atoms with van der Waals surface area (Å²) in [6, 6.07) is 47.7. The predicted molar refractivity (Wildman–Crippen MR) is 278 cm³/mol. The molecule has 1 unspecified atom stereocenters. The molecule has 2 heterocycles. The van der Waals surface area contributed by atoms with Crippen LogP contribution in [0, 0.1) is 0 Å². The van der Waals surface area contributed by atoms with E-state index in [1.165, 1.54) is 115 Å². The number of benzene rings is 6. The van der Waals surface area contributed by atoms with Gasteiger partial charge in [-0.2, -0.15) is 0 Å². The molecule has 66 heavy (non-hydrogen) atoms. The van der Waals surface area contributed by atoms with Crippen LogP contribution in [0.4, 0.5) is 22.7 Å². The van der Waals surface area contributed by atoms with Crippen LogP contribution in [0.1, 0.15) is 76.6 Å². The Morgan fingerprint density at radius 1 is 0.530 bits per heavy atom. The number of thioether (sulfide) groups is 1. The van der Waals surface area contributed by atoms with Gasteiger partial charge in [-0.25, -0.2) is 0 Å². The minimum absolute atomic E-state index is 0.408. The molecule has 6 aliphatic carbocycles. The van der Waals surface area contributed by atoms with Crippen molar-refractivity contribution in [2.24, 2.45) is 0 Å². The summed E-state index contributed by atoms with van der Waals surface area (Å²) < 4.78 is 0. The molecule has 6 aromatic carbocycles. The lowest BCUT2D eigenvalue weighted by atomic mass is 9.67. The number of allylic oxidation sites excluding steroid dienone is 12. The van der Waals surface area contributed by atoms with E-state index in [0.29, 0.717) is 0 Å². The molecule has 2 nitrogen and oxygen atoms in total. The number of hydrogen-bond donors (Lipinski definition) is 0. The third kappa shape index (κ3) is 5.59. The molecule has 314 valence electrons. The molecule has 0 bridgehead atoms. The Labute approximate surface area is 395 Å². The van der Waals surface area contributed by atoms with Gasteiger partial charge in [-0.3, -0.25) is 0 Å². The van der Waals surface area contributed by atoms with E-state index >= 15 is 0 Å². The van der Waals surface area contributed by atoms with E-state index < -0.39 is 5.41 Å². The van der Waals surface area contributed by atoms with Crippen molar-refractivity contribution in [3.8, 4) is 0 Å². The molecular formula is C62H44N2S2. The van der Waals surface area contributed by atoms with Crippen LogP contribution >= 0.6 is 23.5 Å². The highest BCUT2D eigenvalue weighted by molar-refractivity contribution is 8.03. The molecule has 0 aromatic heterocycles. The topological polar surface area (TPSA) is 6.48 Å². The largest absolute Gasteiger partial charge is 0.308 e. The zero-order chi connectivity index (χ0) is 43.3. The van der Waals surface area contributed by atoms with Crippen LogP contribution in [0.3, 0.4) is 0 Å². The van der Waals surface area contributed by atoms with Crippen LogP contribution in [0.5, 0.6) is 0 Å². The third-order valence-electron chi connectivity index (χ3n) is 14.7. The van der Waals surface area contributed by atoms with Gasteiger partial charge in [-0.1, -0.05) is 163 Å². The maximum atomic E-state index is 3.98. The molecule has 2 aliphatic heterocycles. The fourth-order valence-corrected chi connectivity index (χ4v) is 14.2. The molecule has 6 aromatic rings. The number of hydrogen-bond acceptors (Lipinski definition) is 4. The van der Waals surface area contributed by atoms with Crippen molar-refractivity contribution in [2.75, 3.05) is 9.80 Å². The second kappa shape index (κ2) is 15.1. The Bertz CT molecular complexity index is 3440. The van der Waals surface area contributed by atoms with Gasteiger partial charge in [0.15, 0.2) is 0 Å². The van der Waals surface area contributed by atoms with Crippen LogP contribution in [0.25, 0.3) is 29.4 Å². The van der Waals surface area contributed by atoms with Crippen molar-refractivity contribution >= 4 is 75.6 Å². The smallest absolute Gasteiger partial charge is 0.0888 e. The van der Waals surface area contributed by atoms with E-state index in [9.17, 15) is 0 Å². The summed E-state index contributed by atoms with van der Waals surface area (Å²) in [5.41, 5.74) is 27.3. The zero-order valence-corrected chi connectivity index (χ0v) is 38.1. The average molecular weight is 881 g/mol. The second-order valence-corrected chi connectivity index (χ2v) is 20.3. The van der Waals surface area contributed by atoms with Gasteiger partial charge >= 0.3 is 0 Å². The van der Waals surface area contributed by atoms with Gasteiger partial charge in [-0.05, 0) is 166 Å². The monoisotopic (exact) mass is 880 g/mol. The summed E-state index contributed by atoms with van der Waals surface area (Å²) in [7, 11) is 0. The first kappa shape index (κ1) is 38.3. The highest BCUT2D eigenvalue weighted by Crippen LogP contribution is 2.64. The van der Waals surface area contributed by atoms with Gasteiger partial charge in [0.05, 0.1) is 33.9 Å².